The number of halogens is 4. The van der Waals surface area contributed by atoms with Crippen molar-refractivity contribution in [1.29, 1.82) is 0 Å². The van der Waals surface area contributed by atoms with Crippen LogP contribution in [0.1, 0.15) is 35.4 Å². The first kappa shape index (κ1) is 24.0. The normalized spacial score (nSPS) is 23.0. The molecule has 2 aliphatic carbocycles. The molecule has 1 aromatic heterocycles. The summed E-state index contributed by atoms with van der Waals surface area (Å²) >= 11 is 0. The first-order valence-electron chi connectivity index (χ1n) is 11.8. The first-order valence-corrected chi connectivity index (χ1v) is 11.8. The minimum Gasteiger partial charge on any atom is -0.508 e. The standard InChI is InChI=1S/C26H20F4N4O4/c27-18-9-12(1-4-16(18)26(28,29)30)32-24(37)34-25-11-17(25)22(25)15-10-13(2-5-19(15)35)38-20-7-8-31-23-14(20)3-6-21(36)33-23/h1-2,4-5,7-10,17,22,35H,3,6,11H2,(H,31,33,36)(H2,32,34,37)/t17-,22+,25-/m0/s1. The van der Waals surface area contributed by atoms with Crippen molar-refractivity contribution in [3.63, 3.8) is 0 Å². The number of hydrogen-bond acceptors (Lipinski definition) is 5. The Morgan fingerprint density at radius 2 is 1.97 bits per heavy atom. The van der Waals surface area contributed by atoms with Gasteiger partial charge in [0.1, 0.15) is 28.9 Å². The van der Waals surface area contributed by atoms with Gasteiger partial charge in [-0.3, -0.25) is 4.79 Å². The largest absolute Gasteiger partial charge is 0.508 e. The van der Waals surface area contributed by atoms with Crippen LogP contribution in [0.5, 0.6) is 17.2 Å². The molecule has 3 aromatic rings. The van der Waals surface area contributed by atoms with Crippen LogP contribution in [0.3, 0.4) is 0 Å². The number of benzene rings is 2. The molecule has 3 atom stereocenters. The van der Waals surface area contributed by atoms with Crippen LogP contribution < -0.4 is 20.7 Å². The molecule has 8 nitrogen and oxygen atoms in total. The number of aromatic hydroxyl groups is 1. The number of nitrogens with one attached hydrogen (secondary N) is 3. The quantitative estimate of drug-likeness (QED) is 0.336. The number of amides is 3. The van der Waals surface area contributed by atoms with E-state index in [9.17, 15) is 32.3 Å². The summed E-state index contributed by atoms with van der Waals surface area (Å²) in [5, 5.41) is 18.4. The van der Waals surface area contributed by atoms with Gasteiger partial charge in [-0.2, -0.15) is 13.2 Å². The van der Waals surface area contributed by atoms with Crippen LogP contribution in [0.4, 0.5) is 33.9 Å². The van der Waals surface area contributed by atoms with Crippen molar-refractivity contribution >= 4 is 23.4 Å². The van der Waals surface area contributed by atoms with Gasteiger partial charge in [0.25, 0.3) is 0 Å². The summed E-state index contributed by atoms with van der Waals surface area (Å²) in [7, 11) is 0. The molecule has 0 bridgehead atoms. The number of alkyl halides is 3. The summed E-state index contributed by atoms with van der Waals surface area (Å²) in [5.41, 5.74) is -0.790. The zero-order chi connectivity index (χ0) is 26.8. The SMILES string of the molecule is O=C1CCc2c(Oc3ccc(O)c([C@@H]4[C@@H]5C[C@@]45NC(=O)Nc4ccc(C(F)(F)F)c(F)c4)c3)ccnc2N1. The lowest BCUT2D eigenvalue weighted by atomic mass is 9.99. The van der Waals surface area contributed by atoms with Gasteiger partial charge in [0.2, 0.25) is 5.91 Å². The Morgan fingerprint density at radius 1 is 1.16 bits per heavy atom. The summed E-state index contributed by atoms with van der Waals surface area (Å²) in [5.74, 6) is -0.255. The Morgan fingerprint density at radius 3 is 2.71 bits per heavy atom. The van der Waals surface area contributed by atoms with E-state index in [2.05, 4.69) is 20.9 Å². The maximum absolute atomic E-state index is 13.8. The maximum atomic E-state index is 13.8. The predicted octanol–water partition coefficient (Wildman–Crippen LogP) is 5.30. The van der Waals surface area contributed by atoms with Crippen LogP contribution in [-0.2, 0) is 17.4 Å². The molecule has 2 saturated carbocycles. The Balaban J connectivity index is 1.14. The first-order chi connectivity index (χ1) is 18.0. The minimum atomic E-state index is -4.83. The van der Waals surface area contributed by atoms with Crippen molar-refractivity contribution in [3.8, 4) is 17.2 Å². The predicted molar refractivity (Wildman–Crippen MR) is 127 cm³/mol. The van der Waals surface area contributed by atoms with E-state index in [4.69, 9.17) is 4.74 Å². The maximum Gasteiger partial charge on any atom is 0.419 e. The zero-order valence-electron chi connectivity index (χ0n) is 19.5. The number of pyridine rings is 1. The van der Waals surface area contributed by atoms with Gasteiger partial charge in [0.15, 0.2) is 0 Å². The van der Waals surface area contributed by atoms with Crippen LogP contribution >= 0.6 is 0 Å². The van der Waals surface area contributed by atoms with Crippen molar-refractivity contribution in [3.05, 3.63) is 71.2 Å². The smallest absolute Gasteiger partial charge is 0.419 e. The van der Waals surface area contributed by atoms with Gasteiger partial charge in [-0.15, -0.1) is 0 Å². The van der Waals surface area contributed by atoms with Crippen LogP contribution in [0.2, 0.25) is 0 Å². The number of nitrogens with zero attached hydrogens (tertiary/aromatic N) is 1. The number of carbonyl (C=O) groups excluding carboxylic acids is 2. The van der Waals surface area contributed by atoms with E-state index in [0.717, 1.165) is 11.6 Å². The lowest BCUT2D eigenvalue weighted by Crippen LogP contribution is -2.36. The van der Waals surface area contributed by atoms with Gasteiger partial charge in [-0.1, -0.05) is 0 Å². The van der Waals surface area contributed by atoms with Gasteiger partial charge in [0, 0.05) is 35.3 Å². The highest BCUT2D eigenvalue weighted by Crippen LogP contribution is 2.77. The third kappa shape index (κ3) is 4.15. The number of aromatic nitrogens is 1. The molecule has 38 heavy (non-hydrogen) atoms. The molecule has 2 heterocycles. The third-order valence-electron chi connectivity index (χ3n) is 7.22. The van der Waals surface area contributed by atoms with Gasteiger partial charge < -0.3 is 25.8 Å². The van der Waals surface area contributed by atoms with Crippen LogP contribution in [-0.4, -0.2) is 27.6 Å². The zero-order valence-corrected chi connectivity index (χ0v) is 19.5. The van der Waals surface area contributed by atoms with E-state index in [-0.39, 0.29) is 29.2 Å². The Hall–Kier alpha value is -4.35. The second kappa shape index (κ2) is 8.33. The summed E-state index contributed by atoms with van der Waals surface area (Å²) in [6.45, 7) is 0. The highest BCUT2D eigenvalue weighted by Gasteiger charge is 2.80. The Labute approximate surface area is 213 Å². The molecule has 3 amide bonds. The average Bonchev–Trinajstić information content (AvgIpc) is 3.70. The van der Waals surface area contributed by atoms with Gasteiger partial charge >= 0.3 is 12.2 Å². The molecular formula is C26H20F4N4O4. The molecule has 6 rings (SSSR count). The second-order valence-electron chi connectivity index (χ2n) is 9.61. The van der Waals surface area contributed by atoms with Crippen molar-refractivity contribution in [2.24, 2.45) is 5.92 Å². The Kier molecular flexibility index (Phi) is 5.27. The molecule has 2 fully saturated rings. The summed E-state index contributed by atoms with van der Waals surface area (Å²) in [6, 6.07) is 7.95. The van der Waals surface area contributed by atoms with E-state index in [0.29, 0.717) is 54.3 Å². The van der Waals surface area contributed by atoms with E-state index in [1.165, 1.54) is 12.3 Å². The molecule has 0 spiro atoms. The van der Waals surface area contributed by atoms with Crippen LogP contribution in [0.25, 0.3) is 0 Å². The van der Waals surface area contributed by atoms with E-state index >= 15 is 0 Å². The van der Waals surface area contributed by atoms with Gasteiger partial charge in [-0.25, -0.2) is 14.2 Å². The fourth-order valence-corrected chi connectivity index (χ4v) is 5.14. The second-order valence-corrected chi connectivity index (χ2v) is 9.61. The molecular weight excluding hydrogens is 508 g/mol. The summed E-state index contributed by atoms with van der Waals surface area (Å²) in [6.07, 6.45) is -1.86. The number of fused-ring (bicyclic) bond motifs is 2. The molecule has 3 aliphatic rings. The van der Waals surface area contributed by atoms with Gasteiger partial charge in [0.05, 0.1) is 11.1 Å². The highest BCUT2D eigenvalue weighted by molar-refractivity contribution is 5.93. The summed E-state index contributed by atoms with van der Waals surface area (Å²) in [4.78, 5) is 28.4. The molecule has 2 aromatic carbocycles. The molecule has 0 saturated heterocycles. The lowest BCUT2D eigenvalue weighted by molar-refractivity contribution is -0.140. The number of urea groups is 1. The van der Waals surface area contributed by atoms with Crippen molar-refractivity contribution < 1.29 is 37.0 Å². The molecule has 4 N–H and O–H groups in total. The number of phenols is 1. The Bertz CT molecular complexity index is 1490. The number of carbonyl (C=O) groups is 2. The average molecular weight is 528 g/mol. The fraction of sp³-hybridized carbons (Fsp3) is 0.269. The van der Waals surface area contributed by atoms with Gasteiger partial charge in [-0.05, 0) is 61.2 Å². The van der Waals surface area contributed by atoms with Crippen molar-refractivity contribution in [2.75, 3.05) is 10.6 Å². The number of ether oxygens (including phenoxy) is 1. The summed E-state index contributed by atoms with van der Waals surface area (Å²) < 4.78 is 58.2. The van der Waals surface area contributed by atoms with E-state index in [1.807, 2.05) is 0 Å². The van der Waals surface area contributed by atoms with E-state index in [1.54, 1.807) is 18.2 Å². The number of rotatable bonds is 5. The molecule has 0 radical (unpaired) electrons. The highest BCUT2D eigenvalue weighted by atomic mass is 19.4. The van der Waals surface area contributed by atoms with E-state index < -0.39 is 29.1 Å². The van der Waals surface area contributed by atoms with Crippen LogP contribution in [0, 0.1) is 11.7 Å². The number of phenolic OH excluding ortho intramolecular Hbond substituents is 1. The molecule has 12 heteroatoms. The fourth-order valence-electron chi connectivity index (χ4n) is 5.14. The monoisotopic (exact) mass is 528 g/mol. The topological polar surface area (TPSA) is 113 Å². The third-order valence-corrected chi connectivity index (χ3v) is 7.22. The molecule has 196 valence electrons. The van der Waals surface area contributed by atoms with Crippen LogP contribution in [0.15, 0.2) is 48.7 Å². The molecule has 0 unspecified atom stereocenters. The lowest BCUT2D eigenvalue weighted by Gasteiger charge is -2.20. The molecule has 1 aliphatic heterocycles. The van der Waals surface area contributed by atoms with Crippen molar-refractivity contribution in [1.82, 2.24) is 10.3 Å². The number of anilines is 2. The minimum absolute atomic E-state index is 0.0324. The van der Waals surface area contributed by atoms with Crippen molar-refractivity contribution in [2.45, 2.75) is 36.9 Å². The number of hydrogen-bond donors (Lipinski definition) is 4.